The van der Waals surface area contributed by atoms with Crippen LogP contribution in [0.25, 0.3) is 11.4 Å². The van der Waals surface area contributed by atoms with Crippen molar-refractivity contribution in [2.45, 2.75) is 31.7 Å². The van der Waals surface area contributed by atoms with E-state index in [1.807, 2.05) is 12.1 Å². The van der Waals surface area contributed by atoms with Gasteiger partial charge in [0.05, 0.1) is 17.0 Å². The zero-order chi connectivity index (χ0) is 28.2. The molecule has 2 aromatic heterocycles. The van der Waals surface area contributed by atoms with E-state index in [2.05, 4.69) is 61.0 Å². The Hall–Kier alpha value is -3.46. The van der Waals surface area contributed by atoms with Gasteiger partial charge < -0.3 is 9.80 Å². The molecule has 7 nitrogen and oxygen atoms in total. The van der Waals surface area contributed by atoms with Gasteiger partial charge in [-0.2, -0.15) is 0 Å². The Bertz CT molecular complexity index is 1470. The van der Waals surface area contributed by atoms with Crippen molar-refractivity contribution in [3.8, 4) is 11.4 Å². The van der Waals surface area contributed by atoms with Crippen LogP contribution in [-0.4, -0.2) is 82.1 Å². The van der Waals surface area contributed by atoms with E-state index in [1.54, 1.807) is 18.5 Å². The van der Waals surface area contributed by atoms with E-state index in [0.717, 1.165) is 36.3 Å². The molecule has 6 rings (SSSR count). The number of benzene rings is 2. The van der Waals surface area contributed by atoms with Gasteiger partial charge in [-0.1, -0.05) is 23.7 Å². The lowest BCUT2D eigenvalue weighted by molar-refractivity contribution is 0.0982. The topological polar surface area (TPSA) is 61.3 Å². The summed E-state index contributed by atoms with van der Waals surface area (Å²) in [5, 5.41) is 0.439. The SMILES string of the molecule is CN1CCN(C2CCN(c3ccc(Cc4nccc(Cc5ccnc(-c6cc(Cl)ccc6F)n5)n4)cc3)CC2)CC1. The van der Waals surface area contributed by atoms with Crippen LogP contribution < -0.4 is 4.90 Å². The maximum atomic E-state index is 14.3. The first-order valence-corrected chi connectivity index (χ1v) is 14.7. The molecular formula is C32H35ClFN7. The second-order valence-electron chi connectivity index (χ2n) is 11.0. The lowest BCUT2D eigenvalue weighted by Gasteiger charge is -2.42. The van der Waals surface area contributed by atoms with Crippen LogP contribution >= 0.6 is 11.6 Å². The Morgan fingerprint density at radius 2 is 1.51 bits per heavy atom. The highest BCUT2D eigenvalue weighted by Gasteiger charge is 2.26. The number of nitrogens with zero attached hydrogens (tertiary/aromatic N) is 7. The number of halogens is 2. The molecule has 0 atom stereocenters. The molecule has 0 aliphatic carbocycles. The monoisotopic (exact) mass is 571 g/mol. The summed E-state index contributed by atoms with van der Waals surface area (Å²) in [7, 11) is 2.22. The third-order valence-electron chi connectivity index (χ3n) is 8.19. The fraction of sp³-hybridized carbons (Fsp3) is 0.375. The Kier molecular flexibility index (Phi) is 8.51. The summed E-state index contributed by atoms with van der Waals surface area (Å²) < 4.78 is 14.3. The van der Waals surface area contributed by atoms with Gasteiger partial charge in [0.25, 0.3) is 0 Å². The number of hydrogen-bond donors (Lipinski definition) is 0. The van der Waals surface area contributed by atoms with Crippen LogP contribution in [0.2, 0.25) is 5.02 Å². The number of hydrogen-bond acceptors (Lipinski definition) is 7. The van der Waals surface area contributed by atoms with Crippen molar-refractivity contribution in [3.63, 3.8) is 0 Å². The Labute approximate surface area is 246 Å². The van der Waals surface area contributed by atoms with Gasteiger partial charge in [0.1, 0.15) is 11.6 Å². The minimum atomic E-state index is -0.406. The van der Waals surface area contributed by atoms with Crippen molar-refractivity contribution in [2.24, 2.45) is 0 Å². The lowest BCUT2D eigenvalue weighted by Crippen LogP contribution is -2.52. The molecule has 0 saturated carbocycles. The Morgan fingerprint density at radius 3 is 2.27 bits per heavy atom. The normalized spacial score (nSPS) is 17.2. The highest BCUT2D eigenvalue weighted by atomic mass is 35.5. The van der Waals surface area contributed by atoms with E-state index < -0.39 is 5.82 Å². The molecule has 2 fully saturated rings. The van der Waals surface area contributed by atoms with Gasteiger partial charge in [-0.05, 0) is 67.9 Å². The van der Waals surface area contributed by atoms with Gasteiger partial charge in [-0.25, -0.2) is 24.3 Å². The summed E-state index contributed by atoms with van der Waals surface area (Å²) >= 11 is 6.06. The summed E-state index contributed by atoms with van der Waals surface area (Å²) in [6.07, 6.45) is 7.03. The van der Waals surface area contributed by atoms with Crippen molar-refractivity contribution >= 4 is 17.3 Å². The summed E-state index contributed by atoms with van der Waals surface area (Å²) in [5.41, 5.74) is 4.35. The van der Waals surface area contributed by atoms with Crippen LogP contribution in [0, 0.1) is 5.82 Å². The summed E-state index contributed by atoms with van der Waals surface area (Å²) in [6, 6.07) is 17.6. The number of piperazine rings is 1. The van der Waals surface area contributed by atoms with Gasteiger partial charge in [-0.15, -0.1) is 0 Å². The highest BCUT2D eigenvalue weighted by molar-refractivity contribution is 6.30. The van der Waals surface area contributed by atoms with Crippen molar-refractivity contribution in [1.29, 1.82) is 0 Å². The predicted molar refractivity (Wildman–Crippen MR) is 161 cm³/mol. The third kappa shape index (κ3) is 6.89. The summed E-state index contributed by atoms with van der Waals surface area (Å²) in [4.78, 5) is 25.7. The average Bonchev–Trinajstić information content (AvgIpc) is 3.00. The molecule has 0 unspecified atom stereocenters. The van der Waals surface area contributed by atoms with Gasteiger partial charge in [-0.3, -0.25) is 4.90 Å². The molecule has 2 aliphatic rings. The smallest absolute Gasteiger partial charge is 0.162 e. The van der Waals surface area contributed by atoms with E-state index in [9.17, 15) is 4.39 Å². The van der Waals surface area contributed by atoms with E-state index in [4.69, 9.17) is 16.6 Å². The molecule has 0 radical (unpaired) electrons. The highest BCUT2D eigenvalue weighted by Crippen LogP contribution is 2.25. The van der Waals surface area contributed by atoms with E-state index >= 15 is 0 Å². The molecule has 0 bridgehead atoms. The second kappa shape index (κ2) is 12.6. The fourth-order valence-electron chi connectivity index (χ4n) is 5.79. The molecule has 2 saturated heterocycles. The molecule has 212 valence electrons. The minimum absolute atomic E-state index is 0.283. The lowest BCUT2D eigenvalue weighted by atomic mass is 10.0. The van der Waals surface area contributed by atoms with Crippen molar-refractivity contribution in [1.82, 2.24) is 29.7 Å². The quantitative estimate of drug-likeness (QED) is 0.305. The summed E-state index contributed by atoms with van der Waals surface area (Å²) in [6.45, 7) is 6.97. The van der Waals surface area contributed by atoms with Crippen molar-refractivity contribution in [2.75, 3.05) is 51.2 Å². The largest absolute Gasteiger partial charge is 0.371 e. The molecule has 41 heavy (non-hydrogen) atoms. The van der Waals surface area contributed by atoms with Gasteiger partial charge >= 0.3 is 0 Å². The molecule has 2 aliphatic heterocycles. The second-order valence-corrected chi connectivity index (χ2v) is 11.5. The fourth-order valence-corrected chi connectivity index (χ4v) is 5.96. The Balaban J connectivity index is 1.06. The molecular weight excluding hydrogens is 537 g/mol. The zero-order valence-electron chi connectivity index (χ0n) is 23.4. The average molecular weight is 572 g/mol. The Morgan fingerprint density at radius 1 is 0.805 bits per heavy atom. The number of piperidine rings is 1. The first-order chi connectivity index (χ1) is 20.0. The van der Waals surface area contributed by atoms with Crippen LogP contribution in [-0.2, 0) is 12.8 Å². The molecule has 9 heteroatoms. The van der Waals surface area contributed by atoms with Gasteiger partial charge in [0.2, 0.25) is 0 Å². The standard InChI is InChI=1S/C32H35ClFN7/c1-39-16-18-41(19-17-39)28-10-14-40(15-11-28)27-5-2-23(3-6-27)20-31-35-12-8-25(37-31)22-26-9-13-36-32(38-26)29-21-24(33)4-7-30(29)34/h2-9,12-13,21,28H,10-11,14-20,22H2,1H3. The number of rotatable bonds is 7. The first-order valence-electron chi connectivity index (χ1n) is 14.3. The van der Waals surface area contributed by atoms with Crippen LogP contribution in [0.4, 0.5) is 10.1 Å². The molecule has 4 heterocycles. The predicted octanol–water partition coefficient (Wildman–Crippen LogP) is 5.12. The zero-order valence-corrected chi connectivity index (χ0v) is 24.1. The van der Waals surface area contributed by atoms with Gasteiger partial charge in [0.15, 0.2) is 5.82 Å². The minimum Gasteiger partial charge on any atom is -0.371 e. The number of likely N-dealkylation sites (N-methyl/N-ethyl adjacent to an activating group) is 1. The first kappa shape index (κ1) is 27.7. The molecule has 0 N–H and O–H groups in total. The molecule has 0 spiro atoms. The molecule has 0 amide bonds. The van der Waals surface area contributed by atoms with E-state index in [-0.39, 0.29) is 5.56 Å². The van der Waals surface area contributed by atoms with Crippen LogP contribution in [0.15, 0.2) is 67.0 Å². The number of aromatic nitrogens is 4. The van der Waals surface area contributed by atoms with Crippen LogP contribution in [0.5, 0.6) is 0 Å². The van der Waals surface area contributed by atoms with E-state index in [1.165, 1.54) is 62.4 Å². The maximum Gasteiger partial charge on any atom is 0.162 e. The molecule has 2 aromatic carbocycles. The number of anilines is 1. The van der Waals surface area contributed by atoms with Crippen LogP contribution in [0.1, 0.15) is 35.6 Å². The van der Waals surface area contributed by atoms with Gasteiger partial charge in [0, 0.05) is 81.3 Å². The van der Waals surface area contributed by atoms with Crippen molar-refractivity contribution < 1.29 is 4.39 Å². The summed E-state index contributed by atoms with van der Waals surface area (Å²) in [5.74, 6) is 0.663. The van der Waals surface area contributed by atoms with Crippen molar-refractivity contribution in [3.05, 3.63) is 101 Å². The maximum absolute atomic E-state index is 14.3. The van der Waals surface area contributed by atoms with E-state index in [0.29, 0.717) is 23.7 Å². The van der Waals surface area contributed by atoms with Crippen LogP contribution in [0.3, 0.4) is 0 Å². The molecule has 4 aromatic rings. The third-order valence-corrected chi connectivity index (χ3v) is 8.43.